The molecule has 6 heteroatoms. The molecule has 0 aromatic carbocycles. The van der Waals surface area contributed by atoms with Gasteiger partial charge in [-0.15, -0.1) is 0 Å². The zero-order valence-electron chi connectivity index (χ0n) is 15.2. The zero-order valence-corrected chi connectivity index (χ0v) is 16.2. The summed E-state index contributed by atoms with van der Waals surface area (Å²) in [6, 6.07) is 0.148. The summed E-state index contributed by atoms with van der Waals surface area (Å²) in [7, 11) is 0.192. The fourth-order valence-electron chi connectivity index (χ4n) is 2.40. The molecule has 0 amide bonds. The standard InChI is InChI=1S/C16H33NO4Si/c1-8-20-15(19)13-10-17(5)12(9-14(13)18)11-21-22(6,7)16(2,3)4/h12-14,18H,8-11H2,1-7H3/t12-,13?,14?/m0/s1. The zero-order chi connectivity index (χ0) is 17.1. The van der Waals surface area contributed by atoms with Gasteiger partial charge in [-0.1, -0.05) is 20.8 Å². The number of aliphatic hydroxyl groups is 1. The first-order valence-corrected chi connectivity index (χ1v) is 11.1. The summed E-state index contributed by atoms with van der Waals surface area (Å²) in [4.78, 5) is 14.0. The number of hydrogen-bond donors (Lipinski definition) is 1. The van der Waals surface area contributed by atoms with Crippen LogP contribution < -0.4 is 0 Å². The van der Waals surface area contributed by atoms with Crippen LogP contribution in [0.2, 0.25) is 18.1 Å². The molecule has 22 heavy (non-hydrogen) atoms. The highest BCUT2D eigenvalue weighted by Gasteiger charge is 2.41. The van der Waals surface area contributed by atoms with E-state index in [9.17, 15) is 9.90 Å². The first kappa shape index (κ1) is 19.6. The number of carbonyl (C=O) groups is 1. The van der Waals surface area contributed by atoms with Crippen LogP contribution in [0.4, 0.5) is 0 Å². The van der Waals surface area contributed by atoms with Crippen molar-refractivity contribution in [3.8, 4) is 0 Å². The van der Waals surface area contributed by atoms with Crippen molar-refractivity contribution in [3.05, 3.63) is 0 Å². The Labute approximate surface area is 136 Å². The summed E-state index contributed by atoms with van der Waals surface area (Å²) in [5, 5.41) is 10.4. The van der Waals surface area contributed by atoms with Gasteiger partial charge in [-0.25, -0.2) is 0 Å². The molecule has 1 heterocycles. The van der Waals surface area contributed by atoms with Gasteiger partial charge in [0.2, 0.25) is 0 Å². The lowest BCUT2D eigenvalue weighted by Gasteiger charge is -2.42. The Kier molecular flexibility index (Phi) is 6.62. The number of nitrogens with zero attached hydrogens (tertiary/aromatic N) is 1. The molecule has 2 unspecified atom stereocenters. The predicted octanol–water partition coefficient (Wildman–Crippen LogP) is 2.25. The van der Waals surface area contributed by atoms with E-state index < -0.39 is 20.3 Å². The van der Waals surface area contributed by atoms with Gasteiger partial charge in [0.1, 0.15) is 0 Å². The van der Waals surface area contributed by atoms with Gasteiger partial charge in [0, 0.05) is 19.2 Å². The molecule has 0 bridgehead atoms. The van der Waals surface area contributed by atoms with Gasteiger partial charge in [-0.3, -0.25) is 4.79 Å². The van der Waals surface area contributed by atoms with Crippen molar-refractivity contribution < 1.29 is 19.1 Å². The smallest absolute Gasteiger partial charge is 0.312 e. The second-order valence-electron chi connectivity index (χ2n) is 7.83. The van der Waals surface area contributed by atoms with Crippen molar-refractivity contribution in [1.29, 1.82) is 0 Å². The van der Waals surface area contributed by atoms with Crippen LogP contribution in [-0.4, -0.2) is 63.2 Å². The Hall–Kier alpha value is -0.433. The highest BCUT2D eigenvalue weighted by atomic mass is 28.4. The molecule has 0 spiro atoms. The summed E-state index contributed by atoms with van der Waals surface area (Å²) >= 11 is 0. The third kappa shape index (κ3) is 4.78. The Bertz CT molecular complexity index is 381. The van der Waals surface area contributed by atoms with E-state index in [1.807, 2.05) is 7.05 Å². The predicted molar refractivity (Wildman–Crippen MR) is 90.3 cm³/mol. The number of likely N-dealkylation sites (tertiary alicyclic amines) is 1. The lowest BCUT2D eigenvalue weighted by molar-refractivity contribution is -0.156. The second-order valence-corrected chi connectivity index (χ2v) is 12.6. The SMILES string of the molecule is CCOC(=O)C1CN(C)[C@H](CO[Si](C)(C)C(C)(C)C)CC1O. The molecule has 0 aromatic rings. The van der Waals surface area contributed by atoms with Gasteiger partial charge in [-0.05, 0) is 38.5 Å². The van der Waals surface area contributed by atoms with Gasteiger partial charge in [0.15, 0.2) is 8.32 Å². The van der Waals surface area contributed by atoms with E-state index in [4.69, 9.17) is 9.16 Å². The lowest BCUT2D eigenvalue weighted by Crippen LogP contribution is -2.54. The molecule has 1 aliphatic heterocycles. The number of rotatable bonds is 5. The maximum atomic E-state index is 11.9. The third-order valence-corrected chi connectivity index (χ3v) is 9.62. The Balaban J connectivity index is 2.60. The fourth-order valence-corrected chi connectivity index (χ4v) is 3.44. The molecule has 1 rings (SSSR count). The van der Waals surface area contributed by atoms with Crippen molar-refractivity contribution in [1.82, 2.24) is 4.90 Å². The maximum Gasteiger partial charge on any atom is 0.312 e. The van der Waals surface area contributed by atoms with E-state index in [1.165, 1.54) is 0 Å². The molecule has 0 radical (unpaired) electrons. The quantitative estimate of drug-likeness (QED) is 0.618. The second kappa shape index (κ2) is 7.42. The van der Waals surface area contributed by atoms with Gasteiger partial charge in [-0.2, -0.15) is 0 Å². The molecule has 0 aromatic heterocycles. The monoisotopic (exact) mass is 331 g/mol. The van der Waals surface area contributed by atoms with Crippen molar-refractivity contribution in [2.45, 2.75) is 64.4 Å². The van der Waals surface area contributed by atoms with Crippen LogP contribution in [-0.2, 0) is 14.0 Å². The number of ether oxygens (including phenoxy) is 1. The average Bonchev–Trinajstić information content (AvgIpc) is 2.38. The Morgan fingerprint density at radius 3 is 2.45 bits per heavy atom. The molecule has 5 nitrogen and oxygen atoms in total. The van der Waals surface area contributed by atoms with Gasteiger partial charge in [0.05, 0.1) is 18.6 Å². The normalized spacial score (nSPS) is 27.7. The third-order valence-electron chi connectivity index (χ3n) is 5.12. The van der Waals surface area contributed by atoms with Crippen molar-refractivity contribution in [2.75, 3.05) is 26.8 Å². The van der Waals surface area contributed by atoms with E-state index in [-0.39, 0.29) is 17.0 Å². The number of esters is 1. The topological polar surface area (TPSA) is 59.0 Å². The fraction of sp³-hybridized carbons (Fsp3) is 0.938. The van der Waals surface area contributed by atoms with Crippen molar-refractivity contribution in [3.63, 3.8) is 0 Å². The van der Waals surface area contributed by atoms with E-state index >= 15 is 0 Å². The van der Waals surface area contributed by atoms with Crippen molar-refractivity contribution >= 4 is 14.3 Å². The summed E-state index contributed by atoms with van der Waals surface area (Å²) < 4.78 is 11.3. The van der Waals surface area contributed by atoms with Crippen LogP contribution in [0.25, 0.3) is 0 Å². The molecule has 1 saturated heterocycles. The highest BCUT2D eigenvalue weighted by Crippen LogP contribution is 2.37. The minimum atomic E-state index is -1.79. The van der Waals surface area contributed by atoms with E-state index in [2.05, 4.69) is 38.8 Å². The highest BCUT2D eigenvalue weighted by molar-refractivity contribution is 6.74. The number of piperidine rings is 1. The molecule has 3 atom stereocenters. The summed E-state index contributed by atoms with van der Waals surface area (Å²) in [6.07, 6.45) is -0.0996. The van der Waals surface area contributed by atoms with Gasteiger partial charge >= 0.3 is 5.97 Å². The largest absolute Gasteiger partial charge is 0.466 e. The van der Waals surface area contributed by atoms with Crippen LogP contribution in [0.5, 0.6) is 0 Å². The van der Waals surface area contributed by atoms with Crippen molar-refractivity contribution in [2.24, 2.45) is 5.92 Å². The lowest BCUT2D eigenvalue weighted by atomic mass is 9.90. The van der Waals surface area contributed by atoms with Crippen LogP contribution >= 0.6 is 0 Å². The molecular formula is C16H33NO4Si. The Morgan fingerprint density at radius 2 is 1.95 bits per heavy atom. The number of hydrogen-bond acceptors (Lipinski definition) is 5. The Morgan fingerprint density at radius 1 is 1.36 bits per heavy atom. The van der Waals surface area contributed by atoms with E-state index in [0.29, 0.717) is 26.2 Å². The molecule has 130 valence electrons. The van der Waals surface area contributed by atoms with Crippen LogP contribution in [0, 0.1) is 5.92 Å². The number of aliphatic hydroxyl groups excluding tert-OH is 1. The van der Waals surface area contributed by atoms with Gasteiger partial charge < -0.3 is 19.2 Å². The van der Waals surface area contributed by atoms with Crippen LogP contribution in [0.15, 0.2) is 0 Å². The summed E-state index contributed by atoms with van der Waals surface area (Å²) in [5.41, 5.74) is 0. The summed E-state index contributed by atoms with van der Waals surface area (Å²) in [6.45, 7) is 14.4. The first-order chi connectivity index (χ1) is 9.99. The molecule has 1 aliphatic rings. The minimum absolute atomic E-state index is 0.148. The first-order valence-electron chi connectivity index (χ1n) is 8.18. The molecule has 0 aliphatic carbocycles. The molecule has 1 N–H and O–H groups in total. The molecule has 0 saturated carbocycles. The number of carbonyl (C=O) groups excluding carboxylic acids is 1. The molecular weight excluding hydrogens is 298 g/mol. The van der Waals surface area contributed by atoms with Gasteiger partial charge in [0.25, 0.3) is 0 Å². The maximum absolute atomic E-state index is 11.9. The van der Waals surface area contributed by atoms with Crippen LogP contribution in [0.3, 0.4) is 0 Å². The van der Waals surface area contributed by atoms with E-state index in [0.717, 1.165) is 0 Å². The van der Waals surface area contributed by atoms with Crippen LogP contribution in [0.1, 0.15) is 34.1 Å². The van der Waals surface area contributed by atoms with E-state index in [1.54, 1.807) is 6.92 Å². The molecule has 1 fully saturated rings. The number of likely N-dealkylation sites (N-methyl/N-ethyl adjacent to an activating group) is 1. The average molecular weight is 332 g/mol. The summed E-state index contributed by atoms with van der Waals surface area (Å²) in [5.74, 6) is -0.750. The minimum Gasteiger partial charge on any atom is -0.466 e.